The van der Waals surface area contributed by atoms with Gasteiger partial charge < -0.3 is 54.8 Å². The van der Waals surface area contributed by atoms with Gasteiger partial charge in [-0.05, 0) is 78.5 Å². The number of aromatic nitrogens is 4. The minimum Gasteiger partial charge on any atom is -0.386 e. The highest BCUT2D eigenvalue weighted by Gasteiger charge is 2.49. The summed E-state index contributed by atoms with van der Waals surface area (Å²) < 4.78 is 63.7. The molecule has 2 aromatic rings. The molecule has 1 fully saturated rings. The highest BCUT2D eigenvalue weighted by atomic mass is 32.3. The highest BCUT2D eigenvalue weighted by Crippen LogP contribution is 2.45. The molecular formula is C34H75N9O13P2S. The fraction of sp³-hybridized carbons (Fsp3) is 0.853. The monoisotopic (exact) mass is 911 g/mol. The smallest absolute Gasteiger partial charge is 0.386 e. The van der Waals surface area contributed by atoms with Gasteiger partial charge >= 0.3 is 26.0 Å². The Labute approximate surface area is 352 Å². The van der Waals surface area contributed by atoms with Gasteiger partial charge in [-0.3, -0.25) is 9.09 Å². The zero-order valence-electron chi connectivity index (χ0n) is 37.1. The molecular weight excluding hydrogens is 836 g/mol. The molecule has 22 nitrogen and oxygen atoms in total. The van der Waals surface area contributed by atoms with Crippen LogP contribution in [0.5, 0.6) is 0 Å². The van der Waals surface area contributed by atoms with Gasteiger partial charge in [0.05, 0.1) is 12.9 Å². The summed E-state index contributed by atoms with van der Waals surface area (Å²) in [7, 11) is -16.0. The molecule has 7 N–H and O–H groups in total. The lowest BCUT2D eigenvalue weighted by atomic mass is 10.1. The molecule has 0 saturated carbocycles. The van der Waals surface area contributed by atoms with E-state index >= 15 is 0 Å². The van der Waals surface area contributed by atoms with Crippen LogP contribution in [-0.2, 0) is 36.9 Å². The number of nitrogens with two attached hydrogens (primary N) is 1. The first-order valence-corrected chi connectivity index (χ1v) is 24.5. The van der Waals surface area contributed by atoms with E-state index in [-0.39, 0.29) is 17.0 Å². The Morgan fingerprint density at radius 1 is 0.695 bits per heavy atom. The van der Waals surface area contributed by atoms with E-state index < -0.39 is 57.2 Å². The maximum absolute atomic E-state index is 11.5. The van der Waals surface area contributed by atoms with Crippen LogP contribution in [-0.4, -0.2) is 176 Å². The molecule has 59 heavy (non-hydrogen) atoms. The molecule has 1 aliphatic rings. The van der Waals surface area contributed by atoms with E-state index in [0.29, 0.717) is 0 Å². The summed E-state index contributed by atoms with van der Waals surface area (Å²) in [5, 5.41) is 10.5. The minimum absolute atomic E-state index is 0.0141. The molecule has 0 amide bonds. The molecule has 25 heteroatoms. The van der Waals surface area contributed by atoms with Crippen LogP contribution >= 0.6 is 15.6 Å². The molecule has 1 saturated heterocycles. The number of hydrogen-bond acceptors (Lipinski definition) is 17. The van der Waals surface area contributed by atoms with Crippen LogP contribution in [0.25, 0.3) is 11.2 Å². The van der Waals surface area contributed by atoms with Crippen molar-refractivity contribution in [3.63, 3.8) is 0 Å². The van der Waals surface area contributed by atoms with E-state index in [1.807, 2.05) is 0 Å². The van der Waals surface area contributed by atoms with Crippen LogP contribution in [0.15, 0.2) is 12.7 Å². The van der Waals surface area contributed by atoms with Gasteiger partial charge in [0, 0.05) is 0 Å². The fourth-order valence-electron chi connectivity index (χ4n) is 5.40. The maximum atomic E-state index is 11.5. The molecule has 0 spiro atoms. The van der Waals surface area contributed by atoms with Gasteiger partial charge in [0.15, 0.2) is 17.7 Å². The van der Waals surface area contributed by atoms with Crippen molar-refractivity contribution in [2.45, 2.75) is 108 Å². The third kappa shape index (κ3) is 24.5. The molecule has 1 aliphatic heterocycles. The SMILES string of the molecule is CCN(CC)CC.CCN(CC)CC.CCN(CC)CC.CCN(CC)CC.Nc1ncnc2c1ncn2[C@@H]1O[C@H](COS(=O)(=O)OP(=O)(O)O)[C@@H](OP(=O)(O)O)[C@H]1O. The van der Waals surface area contributed by atoms with Crippen LogP contribution in [0.3, 0.4) is 0 Å². The second-order valence-electron chi connectivity index (χ2n) is 12.4. The van der Waals surface area contributed by atoms with Gasteiger partial charge in [-0.25, -0.2) is 28.3 Å². The number of phosphoric ester groups is 1. The number of phosphoric acid groups is 2. The van der Waals surface area contributed by atoms with Gasteiger partial charge in [0.2, 0.25) is 0 Å². The number of hydrogen-bond donors (Lipinski definition) is 6. The normalized spacial score (nSPS) is 18.2. The van der Waals surface area contributed by atoms with E-state index in [4.69, 9.17) is 30.0 Å². The zero-order chi connectivity index (χ0) is 46.0. The third-order valence-corrected chi connectivity index (χ3v) is 11.6. The first kappa shape index (κ1) is 59.3. The number of imidazole rings is 1. The summed E-state index contributed by atoms with van der Waals surface area (Å²) >= 11 is 0. The number of ether oxygens (including phenoxy) is 1. The van der Waals surface area contributed by atoms with Gasteiger partial charge in [-0.15, -0.1) is 3.97 Å². The van der Waals surface area contributed by atoms with E-state index in [2.05, 4.69) is 130 Å². The van der Waals surface area contributed by atoms with E-state index in [0.717, 1.165) is 17.2 Å². The van der Waals surface area contributed by atoms with Crippen molar-refractivity contribution in [1.29, 1.82) is 0 Å². The predicted octanol–water partition coefficient (Wildman–Crippen LogP) is 2.91. The Kier molecular flexibility index (Phi) is 31.3. The van der Waals surface area contributed by atoms with Gasteiger partial charge in [0.1, 0.15) is 30.2 Å². The Morgan fingerprint density at radius 2 is 1.08 bits per heavy atom. The number of nitrogens with zero attached hydrogens (tertiary/aromatic N) is 8. The summed E-state index contributed by atoms with van der Waals surface area (Å²) in [5.41, 5.74) is 5.84. The topological polar surface area (TPSA) is 289 Å². The Balaban J connectivity index is 0. The van der Waals surface area contributed by atoms with Crippen molar-refractivity contribution in [1.82, 2.24) is 39.1 Å². The lowest BCUT2D eigenvalue weighted by Crippen LogP contribution is -2.36. The van der Waals surface area contributed by atoms with Crippen LogP contribution < -0.4 is 5.73 Å². The summed E-state index contributed by atoms with van der Waals surface area (Å²) in [5.74, 6) is -0.0141. The second kappa shape index (κ2) is 31.1. The molecule has 350 valence electrons. The number of nitrogen functional groups attached to an aromatic ring is 1. The lowest BCUT2D eigenvalue weighted by molar-refractivity contribution is -0.0476. The fourth-order valence-corrected chi connectivity index (χ4v) is 7.40. The van der Waals surface area contributed by atoms with E-state index in [9.17, 15) is 22.7 Å². The molecule has 3 rings (SSSR count). The highest BCUT2D eigenvalue weighted by molar-refractivity contribution is 7.86. The quantitative estimate of drug-likeness (QED) is 0.104. The molecule has 0 unspecified atom stereocenters. The Bertz CT molecular complexity index is 1500. The molecule has 2 aromatic heterocycles. The van der Waals surface area contributed by atoms with Crippen LogP contribution in [0.2, 0.25) is 0 Å². The summed E-state index contributed by atoms with van der Waals surface area (Å²) in [4.78, 5) is 56.4. The third-order valence-electron chi connectivity index (χ3n) is 9.16. The number of fused-ring (bicyclic) bond motifs is 1. The van der Waals surface area contributed by atoms with Crippen LogP contribution in [0.4, 0.5) is 5.82 Å². The number of aliphatic hydroxyl groups is 1. The van der Waals surface area contributed by atoms with Crippen molar-refractivity contribution >= 4 is 43.0 Å². The number of anilines is 1. The lowest BCUT2D eigenvalue weighted by Gasteiger charge is -2.20. The number of rotatable bonds is 20. The average molecular weight is 912 g/mol. The maximum Gasteiger partial charge on any atom is 0.486 e. The van der Waals surface area contributed by atoms with Gasteiger partial charge in [-0.2, -0.15) is 8.42 Å². The molecule has 3 heterocycles. The van der Waals surface area contributed by atoms with Crippen molar-refractivity contribution in [2.24, 2.45) is 0 Å². The largest absolute Gasteiger partial charge is 0.486 e. The molecule has 0 bridgehead atoms. The predicted molar refractivity (Wildman–Crippen MR) is 228 cm³/mol. The molecule has 0 aromatic carbocycles. The molecule has 0 aliphatic carbocycles. The Morgan fingerprint density at radius 3 is 1.41 bits per heavy atom. The van der Waals surface area contributed by atoms with Gasteiger partial charge in [-0.1, -0.05) is 83.1 Å². The standard InChI is InChI=1S/C10H15N5O13P2S.4C6H15N/c11-8-5-9(13-2-12-8)15(3-14-5)10-6(16)7(27-29(17,18)19)4(26-10)1-25-31(23,24)28-30(20,21)22;4*1-4-7(5-2)6-3/h2-4,6-7,10,16H,1H2,(H2,11,12,13)(H2,17,18,19)(H2,20,21,22);4*4-6H2,1-3H3/t4-,6-,7-,10-;;;;/m1..../s1. The van der Waals surface area contributed by atoms with E-state index in [1.54, 1.807) is 0 Å². The van der Waals surface area contributed by atoms with Gasteiger partial charge in [0.25, 0.3) is 0 Å². The summed E-state index contributed by atoms with van der Waals surface area (Å²) in [6.45, 7) is 39.4. The number of aliphatic hydroxyl groups excluding tert-OH is 1. The first-order valence-electron chi connectivity index (χ1n) is 20.1. The molecule has 4 atom stereocenters. The first-order chi connectivity index (χ1) is 27.6. The zero-order valence-corrected chi connectivity index (χ0v) is 39.7. The minimum atomic E-state index is -5.49. The second-order valence-corrected chi connectivity index (χ2v) is 16.3. The molecule has 0 radical (unpaired) electrons. The van der Waals surface area contributed by atoms with Crippen molar-refractivity contribution < 1.29 is 59.6 Å². The summed E-state index contributed by atoms with van der Waals surface area (Å²) in [6, 6.07) is 0. The van der Waals surface area contributed by atoms with Crippen LogP contribution in [0, 0.1) is 0 Å². The van der Waals surface area contributed by atoms with Crippen molar-refractivity contribution in [3.05, 3.63) is 12.7 Å². The van der Waals surface area contributed by atoms with Crippen molar-refractivity contribution in [3.8, 4) is 0 Å². The Hall–Kier alpha value is -1.76. The van der Waals surface area contributed by atoms with Crippen molar-refractivity contribution in [2.75, 3.05) is 90.9 Å². The van der Waals surface area contributed by atoms with E-state index in [1.165, 1.54) is 78.5 Å². The summed E-state index contributed by atoms with van der Waals surface area (Å²) in [6.07, 6.45) is -4.61. The average Bonchev–Trinajstić information content (AvgIpc) is 3.74. The van der Waals surface area contributed by atoms with Crippen LogP contribution in [0.1, 0.15) is 89.3 Å².